The van der Waals surface area contributed by atoms with Crippen LogP contribution in [0.5, 0.6) is 0 Å². The summed E-state index contributed by atoms with van der Waals surface area (Å²) in [5, 5.41) is 0. The number of esters is 1. The first kappa shape index (κ1) is 37.9. The van der Waals surface area contributed by atoms with E-state index in [1.807, 2.05) is 25.7 Å². The van der Waals surface area contributed by atoms with Crippen molar-refractivity contribution in [3.63, 3.8) is 0 Å². The SMILES string of the molecule is CO[C@]1(C)C[C@@H](C)CN(C(C)=O)[C@H](C2CCN(C(C)C)CC2)COC(=O)C(C)(C)C(=O)[C@H](C)[C@H]1O[C@H]1C[C@@H](N(C)C)C[C@@H](C)O1. The predicted molar refractivity (Wildman–Crippen MR) is 175 cm³/mol. The second-order valence-corrected chi connectivity index (χ2v) is 15.4. The van der Waals surface area contributed by atoms with Crippen LogP contribution in [0.4, 0.5) is 0 Å². The van der Waals surface area contributed by atoms with Crippen LogP contribution in [0, 0.1) is 23.2 Å². The van der Waals surface area contributed by atoms with Gasteiger partial charge in [0.25, 0.3) is 0 Å². The van der Waals surface area contributed by atoms with E-state index in [9.17, 15) is 14.4 Å². The molecule has 0 aromatic carbocycles. The number of ketones is 1. The lowest BCUT2D eigenvalue weighted by Crippen LogP contribution is -2.55. The molecule has 0 aromatic heterocycles. The van der Waals surface area contributed by atoms with Gasteiger partial charge in [-0.05, 0) is 106 Å². The summed E-state index contributed by atoms with van der Waals surface area (Å²) in [7, 11) is 5.77. The van der Waals surface area contributed by atoms with Gasteiger partial charge in [-0.25, -0.2) is 0 Å². The molecule has 10 nitrogen and oxygen atoms in total. The maximum Gasteiger partial charge on any atom is 0.319 e. The van der Waals surface area contributed by atoms with E-state index < -0.39 is 35.3 Å². The van der Waals surface area contributed by atoms with Crippen molar-refractivity contribution < 1.29 is 33.3 Å². The molecule has 0 aliphatic carbocycles. The molecule has 0 N–H and O–H groups in total. The van der Waals surface area contributed by atoms with E-state index in [0.29, 0.717) is 25.4 Å². The van der Waals surface area contributed by atoms with Crippen LogP contribution in [-0.4, -0.2) is 122 Å². The van der Waals surface area contributed by atoms with Crippen molar-refractivity contribution in [3.05, 3.63) is 0 Å². The van der Waals surface area contributed by atoms with Crippen LogP contribution in [0.15, 0.2) is 0 Å². The monoisotopic (exact) mass is 637 g/mol. The van der Waals surface area contributed by atoms with Gasteiger partial charge >= 0.3 is 5.97 Å². The van der Waals surface area contributed by atoms with E-state index in [1.165, 1.54) is 0 Å². The van der Waals surface area contributed by atoms with Crippen LogP contribution in [0.3, 0.4) is 0 Å². The minimum absolute atomic E-state index is 0.00970. The van der Waals surface area contributed by atoms with Gasteiger partial charge in [0.2, 0.25) is 5.91 Å². The third kappa shape index (κ3) is 9.06. The van der Waals surface area contributed by atoms with Crippen molar-refractivity contribution in [3.8, 4) is 0 Å². The zero-order valence-corrected chi connectivity index (χ0v) is 30.3. The normalized spacial score (nSPS) is 36.8. The Hall–Kier alpha value is -1.59. The highest BCUT2D eigenvalue weighted by atomic mass is 16.7. The first-order chi connectivity index (χ1) is 20.9. The molecular weight excluding hydrogens is 574 g/mol. The summed E-state index contributed by atoms with van der Waals surface area (Å²) in [6, 6.07) is 0.458. The fourth-order valence-corrected chi connectivity index (χ4v) is 7.89. The van der Waals surface area contributed by atoms with Gasteiger partial charge in [0, 0.05) is 45.0 Å². The summed E-state index contributed by atoms with van der Waals surface area (Å²) in [5.41, 5.74) is -2.32. The topological polar surface area (TPSA) is 97.9 Å². The molecule has 0 bridgehead atoms. The number of Topliss-reactive ketones (excluding diaryl/α,β-unsaturated/α-hetero) is 1. The zero-order valence-electron chi connectivity index (χ0n) is 30.3. The Morgan fingerprint density at radius 1 is 1.04 bits per heavy atom. The number of carbonyl (C=O) groups is 3. The Morgan fingerprint density at radius 3 is 2.20 bits per heavy atom. The molecule has 3 rings (SSSR count). The second-order valence-electron chi connectivity index (χ2n) is 15.4. The molecule has 3 heterocycles. The van der Waals surface area contributed by atoms with E-state index in [0.717, 1.165) is 32.4 Å². The van der Waals surface area contributed by atoms with Gasteiger partial charge in [-0.1, -0.05) is 13.8 Å². The van der Waals surface area contributed by atoms with Crippen LogP contribution >= 0.6 is 0 Å². The van der Waals surface area contributed by atoms with Gasteiger partial charge in [0.1, 0.15) is 12.0 Å². The Bertz CT molecular complexity index is 1010. The maximum atomic E-state index is 14.3. The molecule has 0 saturated carbocycles. The standard InChI is InChI=1S/C35H63N3O7/c1-22(2)37-15-13-27(14-16-37)29-21-43-33(41)34(7,8)31(40)25(5)32(45-30-18-28(36(10)11)17-24(4)44-30)35(9,42-12)19-23(3)20-38(29)26(6)39/h22-25,27-30,32H,13-21H2,1-12H3/t23-,24-,25+,28+,29+,30+,32-,35-/m1/s1. The van der Waals surface area contributed by atoms with Crippen molar-refractivity contribution in [1.82, 2.24) is 14.7 Å². The first-order valence-corrected chi connectivity index (χ1v) is 17.2. The second kappa shape index (κ2) is 15.5. The van der Waals surface area contributed by atoms with E-state index in [1.54, 1.807) is 27.9 Å². The van der Waals surface area contributed by atoms with E-state index >= 15 is 0 Å². The Balaban J connectivity index is 2.00. The Morgan fingerprint density at radius 2 is 1.67 bits per heavy atom. The van der Waals surface area contributed by atoms with E-state index in [4.69, 9.17) is 18.9 Å². The lowest BCUT2D eigenvalue weighted by atomic mass is 9.74. The fourth-order valence-electron chi connectivity index (χ4n) is 7.89. The van der Waals surface area contributed by atoms with Crippen molar-refractivity contribution in [2.75, 3.05) is 47.4 Å². The number of rotatable bonds is 6. The molecule has 8 atom stereocenters. The molecule has 0 spiro atoms. The number of methoxy groups -OCH3 is 1. The highest BCUT2D eigenvalue weighted by Gasteiger charge is 2.51. The number of hydrogen-bond donors (Lipinski definition) is 0. The molecule has 3 saturated heterocycles. The zero-order chi connectivity index (χ0) is 33.9. The lowest BCUT2D eigenvalue weighted by molar-refractivity contribution is -0.263. The summed E-state index contributed by atoms with van der Waals surface area (Å²) in [6.07, 6.45) is 2.67. The molecule has 3 aliphatic heterocycles. The van der Waals surface area contributed by atoms with E-state index in [2.05, 4.69) is 44.7 Å². The highest BCUT2D eigenvalue weighted by Crippen LogP contribution is 2.39. The molecule has 1 amide bonds. The largest absolute Gasteiger partial charge is 0.463 e. The average molecular weight is 638 g/mol. The molecule has 10 heteroatoms. The van der Waals surface area contributed by atoms with Crippen LogP contribution in [-0.2, 0) is 33.3 Å². The van der Waals surface area contributed by atoms with Gasteiger partial charge in [0.15, 0.2) is 12.1 Å². The molecule has 0 unspecified atom stereocenters. The van der Waals surface area contributed by atoms with Crippen molar-refractivity contribution in [2.24, 2.45) is 23.2 Å². The fraction of sp³-hybridized carbons (Fsp3) is 0.914. The minimum atomic E-state index is -1.42. The van der Waals surface area contributed by atoms with Gasteiger partial charge in [0.05, 0.1) is 23.9 Å². The van der Waals surface area contributed by atoms with Crippen LogP contribution in [0.1, 0.15) is 94.4 Å². The minimum Gasteiger partial charge on any atom is -0.463 e. The van der Waals surface area contributed by atoms with Crippen molar-refractivity contribution >= 4 is 17.7 Å². The average Bonchev–Trinajstić information content (AvgIpc) is 2.97. The van der Waals surface area contributed by atoms with E-state index in [-0.39, 0.29) is 48.3 Å². The number of hydrogen-bond acceptors (Lipinski definition) is 9. The molecule has 3 aliphatic rings. The summed E-state index contributed by atoms with van der Waals surface area (Å²) in [5.74, 6) is -1.37. The van der Waals surface area contributed by atoms with Crippen LogP contribution in [0.25, 0.3) is 0 Å². The smallest absolute Gasteiger partial charge is 0.319 e. The quantitative estimate of drug-likeness (QED) is 0.310. The number of amides is 1. The Kier molecular flexibility index (Phi) is 13.1. The van der Waals surface area contributed by atoms with Gasteiger partial charge in [-0.15, -0.1) is 0 Å². The number of cyclic esters (lactones) is 1. The lowest BCUT2D eigenvalue weighted by Gasteiger charge is -2.46. The predicted octanol–water partition coefficient (Wildman–Crippen LogP) is 4.38. The molecular formula is C35H63N3O7. The number of piperidine rings is 1. The number of likely N-dealkylation sites (tertiary alicyclic amines) is 1. The van der Waals surface area contributed by atoms with Crippen molar-refractivity contribution in [1.29, 1.82) is 0 Å². The summed E-state index contributed by atoms with van der Waals surface area (Å²) >= 11 is 0. The third-order valence-electron chi connectivity index (χ3n) is 10.8. The first-order valence-electron chi connectivity index (χ1n) is 17.2. The third-order valence-corrected chi connectivity index (χ3v) is 10.8. The number of nitrogens with zero attached hydrogens (tertiary/aromatic N) is 3. The van der Waals surface area contributed by atoms with Crippen LogP contribution < -0.4 is 0 Å². The highest BCUT2D eigenvalue weighted by molar-refractivity contribution is 6.04. The molecule has 3 fully saturated rings. The van der Waals surface area contributed by atoms with Gasteiger partial charge in [-0.3, -0.25) is 14.4 Å². The molecule has 0 aromatic rings. The summed E-state index contributed by atoms with van der Waals surface area (Å²) in [4.78, 5) is 47.8. The Labute approximate surface area is 272 Å². The van der Waals surface area contributed by atoms with Gasteiger partial charge in [-0.2, -0.15) is 0 Å². The number of carbonyl (C=O) groups excluding carboxylic acids is 3. The molecule has 260 valence electrons. The maximum absolute atomic E-state index is 14.3. The van der Waals surface area contributed by atoms with Crippen LogP contribution in [0.2, 0.25) is 0 Å². The van der Waals surface area contributed by atoms with Crippen molar-refractivity contribution in [2.45, 2.75) is 137 Å². The molecule has 0 radical (unpaired) electrons. The summed E-state index contributed by atoms with van der Waals surface area (Å²) < 4.78 is 25.3. The van der Waals surface area contributed by atoms with Gasteiger partial charge < -0.3 is 33.6 Å². The molecule has 45 heavy (non-hydrogen) atoms. The number of ether oxygens (including phenoxy) is 4. The summed E-state index contributed by atoms with van der Waals surface area (Å²) in [6.45, 7) is 19.7.